The number of para-hydroxylation sites is 1. The van der Waals surface area contributed by atoms with Crippen LogP contribution in [0.5, 0.6) is 5.75 Å². The molecule has 0 spiro atoms. The van der Waals surface area contributed by atoms with Crippen LogP contribution < -0.4 is 4.74 Å². The molecule has 1 fully saturated rings. The van der Waals surface area contributed by atoms with Crippen molar-refractivity contribution in [3.8, 4) is 22.7 Å². The van der Waals surface area contributed by atoms with Crippen molar-refractivity contribution in [1.82, 2.24) is 14.7 Å². The highest BCUT2D eigenvalue weighted by Gasteiger charge is 2.32. The quantitative estimate of drug-likeness (QED) is 0.130. The Bertz CT molecular complexity index is 1730. The van der Waals surface area contributed by atoms with E-state index >= 15 is 0 Å². The maximum atomic E-state index is 13.4. The first-order chi connectivity index (χ1) is 20.5. The number of hydrogen-bond acceptors (Lipinski definition) is 5. The number of thioether (sulfide) groups is 1. The third kappa shape index (κ3) is 6.38. The van der Waals surface area contributed by atoms with E-state index in [9.17, 15) is 4.79 Å². The standard InChI is InChI=1S/C35H29N3O2S2/c1-25-12-14-27(15-13-25)24-40-31-18-16-28(17-19-31)33-29(23-38(36-33)30-10-6-3-7-11-30)22-32-34(39)37(35(41)42-32)21-20-26-8-4-2-5-9-26/h2-19,22-23H,20-21,24H2,1H3. The fourth-order valence-corrected chi connectivity index (χ4v) is 6.01. The lowest BCUT2D eigenvalue weighted by Gasteiger charge is -2.14. The van der Waals surface area contributed by atoms with Crippen LogP contribution in [0.25, 0.3) is 23.0 Å². The molecule has 42 heavy (non-hydrogen) atoms. The number of aryl methyl sites for hydroxylation is 1. The summed E-state index contributed by atoms with van der Waals surface area (Å²) in [5, 5.41) is 4.93. The first kappa shape index (κ1) is 27.7. The van der Waals surface area contributed by atoms with Gasteiger partial charge in [-0.25, -0.2) is 4.68 Å². The summed E-state index contributed by atoms with van der Waals surface area (Å²) in [6.07, 6.45) is 4.62. The Balaban J connectivity index is 1.25. The fraction of sp³-hybridized carbons (Fsp3) is 0.114. The van der Waals surface area contributed by atoms with Crippen LogP contribution in [0.3, 0.4) is 0 Å². The molecule has 1 aromatic heterocycles. The van der Waals surface area contributed by atoms with Gasteiger partial charge in [0.1, 0.15) is 16.7 Å². The SMILES string of the molecule is Cc1ccc(COc2ccc(-c3nn(-c4ccccc4)cc3C=C3SC(=S)N(CCc4ccccc4)C3=O)cc2)cc1. The molecule has 1 aliphatic rings. The molecule has 1 saturated heterocycles. The maximum Gasteiger partial charge on any atom is 0.266 e. The van der Waals surface area contributed by atoms with Crippen LogP contribution in [0.2, 0.25) is 0 Å². The average molecular weight is 588 g/mol. The monoisotopic (exact) mass is 587 g/mol. The minimum atomic E-state index is -0.0702. The molecular weight excluding hydrogens is 559 g/mol. The molecule has 5 aromatic rings. The highest BCUT2D eigenvalue weighted by Crippen LogP contribution is 2.35. The Kier molecular flexibility index (Phi) is 8.30. The Morgan fingerprint density at radius 2 is 1.55 bits per heavy atom. The van der Waals surface area contributed by atoms with E-state index in [4.69, 9.17) is 22.1 Å². The number of amides is 1. The summed E-state index contributed by atoms with van der Waals surface area (Å²) in [4.78, 5) is 15.7. The van der Waals surface area contributed by atoms with Gasteiger partial charge < -0.3 is 4.74 Å². The summed E-state index contributed by atoms with van der Waals surface area (Å²) in [7, 11) is 0. The zero-order valence-corrected chi connectivity index (χ0v) is 24.8. The van der Waals surface area contributed by atoms with Crippen LogP contribution in [0.15, 0.2) is 120 Å². The highest BCUT2D eigenvalue weighted by molar-refractivity contribution is 8.26. The van der Waals surface area contributed by atoms with Gasteiger partial charge in [-0.15, -0.1) is 0 Å². The lowest BCUT2D eigenvalue weighted by Crippen LogP contribution is -2.30. The minimum Gasteiger partial charge on any atom is -0.489 e. The fourth-order valence-electron chi connectivity index (χ4n) is 4.71. The van der Waals surface area contributed by atoms with E-state index in [0.717, 1.165) is 40.2 Å². The van der Waals surface area contributed by atoms with Gasteiger partial charge >= 0.3 is 0 Å². The third-order valence-electron chi connectivity index (χ3n) is 7.04. The average Bonchev–Trinajstić information content (AvgIpc) is 3.56. The molecule has 5 nitrogen and oxygen atoms in total. The van der Waals surface area contributed by atoms with Gasteiger partial charge in [0, 0.05) is 23.9 Å². The van der Waals surface area contributed by atoms with Crippen LogP contribution in [0, 0.1) is 6.92 Å². The van der Waals surface area contributed by atoms with Crippen molar-refractivity contribution in [3.63, 3.8) is 0 Å². The summed E-state index contributed by atoms with van der Waals surface area (Å²) < 4.78 is 8.45. The second-order valence-corrected chi connectivity index (χ2v) is 11.8. The number of thiocarbonyl (C=S) groups is 1. The number of carbonyl (C=O) groups is 1. The Hall–Kier alpha value is -4.46. The third-order valence-corrected chi connectivity index (χ3v) is 8.42. The van der Waals surface area contributed by atoms with Crippen LogP contribution >= 0.6 is 24.0 Å². The predicted octanol–water partition coefficient (Wildman–Crippen LogP) is 7.87. The van der Waals surface area contributed by atoms with E-state index < -0.39 is 0 Å². The molecule has 1 aliphatic heterocycles. The number of hydrogen-bond donors (Lipinski definition) is 0. The summed E-state index contributed by atoms with van der Waals surface area (Å²) in [5.41, 5.74) is 7.00. The van der Waals surface area contributed by atoms with Crippen molar-refractivity contribution in [1.29, 1.82) is 0 Å². The van der Waals surface area contributed by atoms with Gasteiger partial charge in [-0.2, -0.15) is 5.10 Å². The van der Waals surface area contributed by atoms with Crippen LogP contribution in [0.1, 0.15) is 22.3 Å². The maximum absolute atomic E-state index is 13.4. The summed E-state index contributed by atoms with van der Waals surface area (Å²) in [5.74, 6) is 0.710. The van der Waals surface area contributed by atoms with Gasteiger partial charge in [0.05, 0.1) is 16.3 Å². The Morgan fingerprint density at radius 1 is 0.857 bits per heavy atom. The lowest BCUT2D eigenvalue weighted by atomic mass is 10.1. The molecule has 0 radical (unpaired) electrons. The topological polar surface area (TPSA) is 47.4 Å². The zero-order chi connectivity index (χ0) is 28.9. The number of rotatable bonds is 9. The summed E-state index contributed by atoms with van der Waals surface area (Å²) in [6, 6.07) is 36.3. The zero-order valence-electron chi connectivity index (χ0n) is 23.1. The molecule has 0 bridgehead atoms. The molecular formula is C35H29N3O2S2. The Labute approximate surface area is 255 Å². The normalized spacial score (nSPS) is 14.1. The van der Waals surface area contributed by atoms with Gasteiger partial charge in [-0.05, 0) is 66.9 Å². The van der Waals surface area contributed by atoms with E-state index in [-0.39, 0.29) is 5.91 Å². The molecule has 4 aromatic carbocycles. The number of ether oxygens (including phenoxy) is 1. The Morgan fingerprint density at radius 3 is 2.26 bits per heavy atom. The largest absolute Gasteiger partial charge is 0.489 e. The number of carbonyl (C=O) groups excluding carboxylic acids is 1. The van der Waals surface area contributed by atoms with Crippen molar-refractivity contribution < 1.29 is 9.53 Å². The predicted molar refractivity (Wildman–Crippen MR) is 175 cm³/mol. The summed E-state index contributed by atoms with van der Waals surface area (Å²) in [6.45, 7) is 3.12. The first-order valence-corrected chi connectivity index (χ1v) is 15.0. The van der Waals surface area contributed by atoms with Gasteiger partial charge in [0.2, 0.25) is 0 Å². The minimum absolute atomic E-state index is 0.0702. The smallest absolute Gasteiger partial charge is 0.266 e. The van der Waals surface area contributed by atoms with Gasteiger partial charge in [0.15, 0.2) is 0 Å². The molecule has 0 unspecified atom stereocenters. The molecule has 2 heterocycles. The van der Waals surface area contributed by atoms with Crippen LogP contribution in [0.4, 0.5) is 0 Å². The number of nitrogens with zero attached hydrogens (tertiary/aromatic N) is 3. The first-order valence-electron chi connectivity index (χ1n) is 13.8. The van der Waals surface area contributed by atoms with Crippen molar-refractivity contribution in [2.45, 2.75) is 20.0 Å². The van der Waals surface area contributed by atoms with Crippen molar-refractivity contribution in [2.75, 3.05) is 6.54 Å². The van der Waals surface area contributed by atoms with E-state index in [1.807, 2.05) is 89.8 Å². The molecule has 0 saturated carbocycles. The highest BCUT2D eigenvalue weighted by atomic mass is 32.2. The molecule has 0 atom stereocenters. The summed E-state index contributed by atoms with van der Waals surface area (Å²) >= 11 is 6.95. The molecule has 6 rings (SSSR count). The van der Waals surface area contributed by atoms with Crippen molar-refractivity contribution in [2.24, 2.45) is 0 Å². The second kappa shape index (κ2) is 12.6. The van der Waals surface area contributed by atoms with Crippen LogP contribution in [-0.2, 0) is 17.8 Å². The van der Waals surface area contributed by atoms with Gasteiger partial charge in [-0.3, -0.25) is 9.69 Å². The van der Waals surface area contributed by atoms with E-state index in [1.165, 1.54) is 22.9 Å². The van der Waals surface area contributed by atoms with E-state index in [1.54, 1.807) is 4.90 Å². The van der Waals surface area contributed by atoms with Crippen molar-refractivity contribution in [3.05, 3.63) is 143 Å². The molecule has 0 aliphatic carbocycles. The van der Waals surface area contributed by atoms with Gasteiger partial charge in [0.25, 0.3) is 5.91 Å². The van der Waals surface area contributed by atoms with E-state index in [2.05, 4.69) is 43.3 Å². The molecule has 208 valence electrons. The number of benzene rings is 4. The van der Waals surface area contributed by atoms with E-state index in [0.29, 0.717) is 22.4 Å². The molecule has 0 N–H and O–H groups in total. The molecule has 1 amide bonds. The van der Waals surface area contributed by atoms with Crippen LogP contribution in [-0.4, -0.2) is 31.5 Å². The van der Waals surface area contributed by atoms with Crippen molar-refractivity contribution >= 4 is 40.3 Å². The van der Waals surface area contributed by atoms with Gasteiger partial charge in [-0.1, -0.05) is 102 Å². The second-order valence-electron chi connectivity index (χ2n) is 10.1. The lowest BCUT2D eigenvalue weighted by molar-refractivity contribution is -0.122. The molecule has 7 heteroatoms. The number of aromatic nitrogens is 2.